The zero-order valence-corrected chi connectivity index (χ0v) is 17.4. The zero-order chi connectivity index (χ0) is 20.4. The van der Waals surface area contributed by atoms with Gasteiger partial charge >= 0.3 is 0 Å². The van der Waals surface area contributed by atoms with Gasteiger partial charge in [0.05, 0.1) is 34.6 Å². The van der Waals surface area contributed by atoms with Gasteiger partial charge in [0.2, 0.25) is 5.91 Å². The molecular weight excluding hydrogens is 414 g/mol. The third-order valence-electron chi connectivity index (χ3n) is 5.14. The molecule has 0 radical (unpaired) electrons. The number of carbonyl (C=O) groups is 1. The zero-order valence-electron chi connectivity index (χ0n) is 15.9. The van der Waals surface area contributed by atoms with Crippen molar-refractivity contribution in [2.24, 2.45) is 0 Å². The molecule has 2 aliphatic rings. The van der Waals surface area contributed by atoms with Crippen molar-refractivity contribution in [1.29, 1.82) is 0 Å². The van der Waals surface area contributed by atoms with E-state index in [0.29, 0.717) is 35.4 Å². The van der Waals surface area contributed by atoms with Crippen molar-refractivity contribution in [3.63, 3.8) is 0 Å². The lowest BCUT2D eigenvalue weighted by Crippen LogP contribution is -2.18. The van der Waals surface area contributed by atoms with Gasteiger partial charge in [-0.2, -0.15) is 0 Å². The average molecular weight is 436 g/mol. The van der Waals surface area contributed by atoms with E-state index in [0.717, 1.165) is 31.2 Å². The highest BCUT2D eigenvalue weighted by Gasteiger charge is 2.21. The van der Waals surface area contributed by atoms with Gasteiger partial charge in [0.15, 0.2) is 21.3 Å². The Balaban J connectivity index is 1.42. The predicted octanol–water partition coefficient (Wildman–Crippen LogP) is 3.79. The fourth-order valence-electron chi connectivity index (χ4n) is 3.58. The van der Waals surface area contributed by atoms with Crippen LogP contribution in [0.15, 0.2) is 35.2 Å². The van der Waals surface area contributed by atoms with Crippen molar-refractivity contribution in [2.75, 3.05) is 24.3 Å². The van der Waals surface area contributed by atoms with Gasteiger partial charge in [0, 0.05) is 25.0 Å². The van der Waals surface area contributed by atoms with Crippen LogP contribution in [0.2, 0.25) is 5.02 Å². The molecule has 0 spiro atoms. The maximum Gasteiger partial charge on any atom is 0.225 e. The van der Waals surface area contributed by atoms with E-state index in [1.54, 1.807) is 24.3 Å². The summed E-state index contributed by atoms with van der Waals surface area (Å²) in [6.07, 6.45) is 3.55. The molecule has 2 aromatic rings. The standard InChI is InChI=1S/C21H22ClNO5S/c22-17-12-19-20(28-9-2-8-27-19)13-18(17)23-21(24)7-10-29(25,26)16-6-5-14-3-1-4-15(14)11-16/h5-6,11-13H,1-4,7-10H2,(H,23,24). The molecule has 29 heavy (non-hydrogen) atoms. The van der Waals surface area contributed by atoms with Crippen LogP contribution in [0.5, 0.6) is 11.5 Å². The fourth-order valence-corrected chi connectivity index (χ4v) is 5.07. The van der Waals surface area contributed by atoms with Crippen molar-refractivity contribution in [2.45, 2.75) is 37.0 Å². The first kappa shape index (κ1) is 20.0. The number of carbonyl (C=O) groups excluding carboxylic acids is 1. The Hall–Kier alpha value is -2.25. The van der Waals surface area contributed by atoms with Crippen LogP contribution in [0.4, 0.5) is 5.69 Å². The highest BCUT2D eigenvalue weighted by atomic mass is 35.5. The lowest BCUT2D eigenvalue weighted by Gasteiger charge is -2.12. The molecule has 0 saturated carbocycles. The van der Waals surface area contributed by atoms with Crippen molar-refractivity contribution in [3.8, 4) is 11.5 Å². The smallest absolute Gasteiger partial charge is 0.225 e. The summed E-state index contributed by atoms with van der Waals surface area (Å²) in [5, 5.41) is 2.98. The van der Waals surface area contributed by atoms with Gasteiger partial charge in [-0.25, -0.2) is 8.42 Å². The number of nitrogens with one attached hydrogen (secondary N) is 1. The molecule has 0 saturated heterocycles. The first-order chi connectivity index (χ1) is 13.9. The molecule has 0 bridgehead atoms. The Kier molecular flexibility index (Phi) is 5.69. The summed E-state index contributed by atoms with van der Waals surface area (Å²) in [6, 6.07) is 8.47. The van der Waals surface area contributed by atoms with Crippen LogP contribution in [-0.2, 0) is 27.5 Å². The molecule has 0 fully saturated rings. The van der Waals surface area contributed by atoms with E-state index in [1.807, 2.05) is 6.07 Å². The third kappa shape index (κ3) is 4.51. The van der Waals surface area contributed by atoms with Crippen molar-refractivity contribution in [1.82, 2.24) is 0 Å². The Bertz CT molecular complexity index is 1050. The minimum atomic E-state index is -3.54. The topological polar surface area (TPSA) is 81.7 Å². The molecule has 2 aromatic carbocycles. The number of rotatable bonds is 5. The highest BCUT2D eigenvalue weighted by molar-refractivity contribution is 7.91. The van der Waals surface area contributed by atoms with Gasteiger partial charge in [0.25, 0.3) is 0 Å². The molecule has 0 aromatic heterocycles. The minimum absolute atomic E-state index is 0.163. The number of anilines is 1. The van der Waals surface area contributed by atoms with E-state index >= 15 is 0 Å². The molecule has 1 heterocycles. The van der Waals surface area contributed by atoms with E-state index in [9.17, 15) is 13.2 Å². The number of ether oxygens (including phenoxy) is 2. The first-order valence-corrected chi connectivity index (χ1v) is 11.7. The number of benzene rings is 2. The van der Waals surface area contributed by atoms with E-state index in [2.05, 4.69) is 5.32 Å². The van der Waals surface area contributed by atoms with Crippen molar-refractivity contribution in [3.05, 3.63) is 46.5 Å². The summed E-state index contributed by atoms with van der Waals surface area (Å²) in [4.78, 5) is 12.6. The molecule has 0 unspecified atom stereocenters. The summed E-state index contributed by atoms with van der Waals surface area (Å²) < 4.78 is 36.5. The van der Waals surface area contributed by atoms with Crippen LogP contribution in [0.3, 0.4) is 0 Å². The number of fused-ring (bicyclic) bond motifs is 2. The monoisotopic (exact) mass is 435 g/mol. The Morgan fingerprint density at radius 2 is 1.72 bits per heavy atom. The molecule has 1 aliphatic carbocycles. The molecule has 8 heteroatoms. The minimum Gasteiger partial charge on any atom is -0.490 e. The van der Waals surface area contributed by atoms with Crippen LogP contribution in [0.25, 0.3) is 0 Å². The van der Waals surface area contributed by atoms with Gasteiger partial charge in [-0.15, -0.1) is 0 Å². The second-order valence-electron chi connectivity index (χ2n) is 7.23. The second kappa shape index (κ2) is 8.24. The van der Waals surface area contributed by atoms with Crippen LogP contribution in [0, 0.1) is 0 Å². The molecule has 4 rings (SSSR count). The third-order valence-corrected chi connectivity index (χ3v) is 7.16. The maximum absolute atomic E-state index is 12.6. The van der Waals surface area contributed by atoms with Crippen molar-refractivity contribution < 1.29 is 22.7 Å². The number of amides is 1. The SMILES string of the molecule is O=C(CCS(=O)(=O)c1ccc2c(c1)CCC2)Nc1cc2c(cc1Cl)OCCCO2. The number of sulfone groups is 1. The van der Waals surface area contributed by atoms with Gasteiger partial charge < -0.3 is 14.8 Å². The molecular formula is C21H22ClNO5S. The largest absolute Gasteiger partial charge is 0.490 e. The van der Waals surface area contributed by atoms with Crippen LogP contribution >= 0.6 is 11.6 Å². The summed E-state index contributed by atoms with van der Waals surface area (Å²) in [5.74, 6) is 0.351. The fraction of sp³-hybridized carbons (Fsp3) is 0.381. The van der Waals surface area contributed by atoms with Crippen LogP contribution in [0.1, 0.15) is 30.4 Å². The highest BCUT2D eigenvalue weighted by Crippen LogP contribution is 2.37. The van der Waals surface area contributed by atoms with Gasteiger partial charge in [-0.3, -0.25) is 4.79 Å². The number of hydrogen-bond donors (Lipinski definition) is 1. The van der Waals surface area contributed by atoms with E-state index in [4.69, 9.17) is 21.1 Å². The number of hydrogen-bond acceptors (Lipinski definition) is 5. The maximum atomic E-state index is 12.6. The van der Waals surface area contributed by atoms with E-state index in [-0.39, 0.29) is 17.1 Å². The summed E-state index contributed by atoms with van der Waals surface area (Å²) >= 11 is 6.23. The predicted molar refractivity (Wildman–Crippen MR) is 111 cm³/mol. The lowest BCUT2D eigenvalue weighted by molar-refractivity contribution is -0.115. The molecule has 0 atom stereocenters. The van der Waals surface area contributed by atoms with Crippen LogP contribution in [-0.4, -0.2) is 33.3 Å². The Labute approximate surface area is 175 Å². The molecule has 154 valence electrons. The quantitative estimate of drug-likeness (QED) is 0.772. The van der Waals surface area contributed by atoms with Gasteiger partial charge in [0.1, 0.15) is 0 Å². The van der Waals surface area contributed by atoms with E-state index in [1.165, 1.54) is 5.56 Å². The summed E-state index contributed by atoms with van der Waals surface area (Å²) in [7, 11) is -3.54. The molecule has 1 N–H and O–H groups in total. The number of halogens is 1. The Morgan fingerprint density at radius 1 is 1.00 bits per heavy atom. The molecule has 1 aliphatic heterocycles. The average Bonchev–Trinajstić information content (AvgIpc) is 3.05. The summed E-state index contributed by atoms with van der Waals surface area (Å²) in [5.41, 5.74) is 2.68. The first-order valence-electron chi connectivity index (χ1n) is 9.66. The molecule has 1 amide bonds. The van der Waals surface area contributed by atoms with E-state index < -0.39 is 15.7 Å². The molecule has 6 nitrogen and oxygen atoms in total. The second-order valence-corrected chi connectivity index (χ2v) is 9.75. The van der Waals surface area contributed by atoms with Crippen LogP contribution < -0.4 is 14.8 Å². The summed E-state index contributed by atoms with van der Waals surface area (Å²) in [6.45, 7) is 1.05. The van der Waals surface area contributed by atoms with Crippen molar-refractivity contribution >= 4 is 33.0 Å². The van der Waals surface area contributed by atoms with Gasteiger partial charge in [-0.1, -0.05) is 17.7 Å². The Morgan fingerprint density at radius 3 is 2.52 bits per heavy atom. The lowest BCUT2D eigenvalue weighted by atomic mass is 10.1. The van der Waals surface area contributed by atoms with Gasteiger partial charge in [-0.05, 0) is 42.5 Å². The number of aryl methyl sites for hydroxylation is 2. The normalized spacial score (nSPS) is 15.5.